The number of aryl methyl sites for hydroxylation is 1. The minimum atomic E-state index is -0.839. The first-order chi connectivity index (χ1) is 8.27. The fourth-order valence-corrected chi connectivity index (χ4v) is 1.70. The second kappa shape index (κ2) is 5.61. The molecule has 0 bridgehead atoms. The average Bonchev–Trinajstić information content (AvgIpc) is 2.90. The van der Waals surface area contributed by atoms with Crippen LogP contribution in [0.25, 0.3) is 0 Å². The third-order valence-electron chi connectivity index (χ3n) is 2.72. The van der Waals surface area contributed by atoms with Gasteiger partial charge in [-0.3, -0.25) is 0 Å². The molecule has 0 aliphatic heterocycles. The summed E-state index contributed by atoms with van der Waals surface area (Å²) in [6.07, 6.45) is 3.62. The van der Waals surface area contributed by atoms with Crippen LogP contribution < -0.4 is 5.73 Å². The second-order valence-electron chi connectivity index (χ2n) is 4.00. The molecule has 2 aromatic rings. The van der Waals surface area contributed by atoms with Crippen molar-refractivity contribution in [2.45, 2.75) is 25.0 Å². The predicted molar refractivity (Wildman–Crippen MR) is 64.2 cm³/mol. The molecule has 0 radical (unpaired) electrons. The quantitative estimate of drug-likeness (QED) is 0.822. The maximum absolute atomic E-state index is 9.87. The molecule has 3 N–H and O–H groups in total. The summed E-state index contributed by atoms with van der Waals surface area (Å²) < 4.78 is 5.03. The fourth-order valence-electron chi connectivity index (χ4n) is 1.70. The average molecular weight is 232 g/mol. The standard InChI is InChI=1S/C13H16N2O2/c14-11(12(16)13-15-8-9-17-13)7-6-10-4-2-1-3-5-10/h1-5,8-9,11-12,16H,6-7,14H2/t11?,12-/m0/s1. The summed E-state index contributed by atoms with van der Waals surface area (Å²) in [5, 5.41) is 9.87. The Morgan fingerprint density at radius 2 is 2.06 bits per heavy atom. The molecule has 4 nitrogen and oxygen atoms in total. The number of aliphatic hydroxyl groups is 1. The Labute approximate surface area is 100 Å². The van der Waals surface area contributed by atoms with Gasteiger partial charge in [0, 0.05) is 6.04 Å². The number of hydrogen-bond donors (Lipinski definition) is 2. The number of nitrogens with two attached hydrogens (primary N) is 1. The SMILES string of the molecule is NC(CCc1ccccc1)[C@H](O)c1ncco1. The molecule has 0 fully saturated rings. The number of rotatable bonds is 5. The van der Waals surface area contributed by atoms with Gasteiger partial charge in [0.25, 0.3) is 0 Å². The number of aromatic nitrogens is 1. The topological polar surface area (TPSA) is 72.3 Å². The van der Waals surface area contributed by atoms with Gasteiger partial charge in [0.1, 0.15) is 12.4 Å². The molecule has 0 spiro atoms. The lowest BCUT2D eigenvalue weighted by Crippen LogP contribution is -2.29. The zero-order valence-electron chi connectivity index (χ0n) is 9.49. The van der Waals surface area contributed by atoms with Crippen molar-refractivity contribution in [2.75, 3.05) is 0 Å². The summed E-state index contributed by atoms with van der Waals surface area (Å²) in [4.78, 5) is 3.90. The Kier molecular flexibility index (Phi) is 3.90. The Bertz CT molecular complexity index is 428. The van der Waals surface area contributed by atoms with Crippen molar-refractivity contribution >= 4 is 0 Å². The molecule has 2 rings (SSSR count). The van der Waals surface area contributed by atoms with Crippen LogP contribution in [0.5, 0.6) is 0 Å². The maximum Gasteiger partial charge on any atom is 0.224 e. The van der Waals surface area contributed by atoms with Crippen LogP contribution in [0.15, 0.2) is 47.2 Å². The lowest BCUT2D eigenvalue weighted by Gasteiger charge is -2.15. The van der Waals surface area contributed by atoms with Gasteiger partial charge in [-0.05, 0) is 18.4 Å². The highest BCUT2D eigenvalue weighted by molar-refractivity contribution is 5.14. The van der Waals surface area contributed by atoms with E-state index in [1.54, 1.807) is 0 Å². The first kappa shape index (κ1) is 11.8. The molecule has 1 aromatic heterocycles. The number of hydrogen-bond acceptors (Lipinski definition) is 4. The monoisotopic (exact) mass is 232 g/mol. The van der Waals surface area contributed by atoms with Crippen LogP contribution in [-0.4, -0.2) is 16.1 Å². The van der Waals surface area contributed by atoms with Gasteiger partial charge in [0.2, 0.25) is 5.89 Å². The number of oxazole rings is 1. The lowest BCUT2D eigenvalue weighted by molar-refractivity contribution is 0.112. The van der Waals surface area contributed by atoms with E-state index in [1.165, 1.54) is 18.0 Å². The minimum absolute atomic E-state index is 0.283. The highest BCUT2D eigenvalue weighted by atomic mass is 16.4. The lowest BCUT2D eigenvalue weighted by atomic mass is 10.0. The molecular formula is C13H16N2O2. The Morgan fingerprint density at radius 1 is 1.29 bits per heavy atom. The summed E-state index contributed by atoms with van der Waals surface area (Å²) in [6, 6.07) is 9.69. The third-order valence-corrected chi connectivity index (χ3v) is 2.72. The van der Waals surface area contributed by atoms with E-state index < -0.39 is 6.10 Å². The summed E-state index contributed by atoms with van der Waals surface area (Å²) in [5.74, 6) is 0.283. The van der Waals surface area contributed by atoms with Gasteiger partial charge in [-0.25, -0.2) is 4.98 Å². The molecule has 0 saturated heterocycles. The van der Waals surface area contributed by atoms with Crippen molar-refractivity contribution in [3.63, 3.8) is 0 Å². The molecule has 1 heterocycles. The molecule has 2 atom stereocenters. The van der Waals surface area contributed by atoms with E-state index in [4.69, 9.17) is 10.2 Å². The first-order valence-corrected chi connectivity index (χ1v) is 5.64. The van der Waals surface area contributed by atoms with Crippen LogP contribution >= 0.6 is 0 Å². The molecule has 4 heteroatoms. The van der Waals surface area contributed by atoms with E-state index in [9.17, 15) is 5.11 Å². The smallest absolute Gasteiger partial charge is 0.224 e. The van der Waals surface area contributed by atoms with E-state index in [1.807, 2.05) is 30.3 Å². The normalized spacial score (nSPS) is 14.5. The van der Waals surface area contributed by atoms with Crippen LogP contribution in [0.4, 0.5) is 0 Å². The van der Waals surface area contributed by atoms with E-state index >= 15 is 0 Å². The molecule has 1 aromatic carbocycles. The molecular weight excluding hydrogens is 216 g/mol. The summed E-state index contributed by atoms with van der Waals surface area (Å²) in [5.41, 5.74) is 7.12. The number of nitrogens with zero attached hydrogens (tertiary/aromatic N) is 1. The molecule has 17 heavy (non-hydrogen) atoms. The number of aliphatic hydroxyl groups excluding tert-OH is 1. The van der Waals surface area contributed by atoms with Gasteiger partial charge in [0.05, 0.1) is 6.20 Å². The summed E-state index contributed by atoms with van der Waals surface area (Å²) >= 11 is 0. The highest BCUT2D eigenvalue weighted by Gasteiger charge is 2.20. The van der Waals surface area contributed by atoms with Crippen LogP contribution in [0.3, 0.4) is 0 Å². The van der Waals surface area contributed by atoms with E-state index in [2.05, 4.69) is 4.98 Å². The van der Waals surface area contributed by atoms with Gasteiger partial charge in [-0.15, -0.1) is 0 Å². The van der Waals surface area contributed by atoms with Gasteiger partial charge in [-0.2, -0.15) is 0 Å². The van der Waals surface area contributed by atoms with Gasteiger partial charge < -0.3 is 15.3 Å². The van der Waals surface area contributed by atoms with Crippen molar-refractivity contribution in [1.29, 1.82) is 0 Å². The molecule has 0 amide bonds. The van der Waals surface area contributed by atoms with Crippen molar-refractivity contribution in [1.82, 2.24) is 4.98 Å². The van der Waals surface area contributed by atoms with Crippen LogP contribution in [-0.2, 0) is 6.42 Å². The van der Waals surface area contributed by atoms with Gasteiger partial charge >= 0.3 is 0 Å². The van der Waals surface area contributed by atoms with Crippen molar-refractivity contribution in [3.8, 4) is 0 Å². The highest BCUT2D eigenvalue weighted by Crippen LogP contribution is 2.16. The summed E-state index contributed by atoms with van der Waals surface area (Å²) in [7, 11) is 0. The van der Waals surface area contributed by atoms with E-state index in [-0.39, 0.29) is 11.9 Å². The Morgan fingerprint density at radius 3 is 2.71 bits per heavy atom. The molecule has 90 valence electrons. The van der Waals surface area contributed by atoms with Crippen molar-refractivity contribution < 1.29 is 9.52 Å². The van der Waals surface area contributed by atoms with E-state index in [0.29, 0.717) is 6.42 Å². The first-order valence-electron chi connectivity index (χ1n) is 5.64. The Balaban J connectivity index is 1.87. The van der Waals surface area contributed by atoms with Gasteiger partial charge in [-0.1, -0.05) is 30.3 Å². The van der Waals surface area contributed by atoms with Crippen molar-refractivity contribution in [3.05, 3.63) is 54.2 Å². The molecule has 1 unspecified atom stereocenters. The van der Waals surface area contributed by atoms with Crippen molar-refractivity contribution in [2.24, 2.45) is 5.73 Å². The minimum Gasteiger partial charge on any atom is -0.446 e. The van der Waals surface area contributed by atoms with E-state index in [0.717, 1.165) is 6.42 Å². The predicted octanol–water partition coefficient (Wildman–Crippen LogP) is 1.67. The third kappa shape index (κ3) is 3.15. The molecule has 0 saturated carbocycles. The summed E-state index contributed by atoms with van der Waals surface area (Å²) in [6.45, 7) is 0. The second-order valence-corrected chi connectivity index (χ2v) is 4.00. The zero-order chi connectivity index (χ0) is 12.1. The fraction of sp³-hybridized carbons (Fsp3) is 0.308. The van der Waals surface area contributed by atoms with Crippen LogP contribution in [0.2, 0.25) is 0 Å². The maximum atomic E-state index is 9.87. The number of benzene rings is 1. The van der Waals surface area contributed by atoms with Gasteiger partial charge in [0.15, 0.2) is 0 Å². The molecule has 0 aliphatic carbocycles. The molecule has 0 aliphatic rings. The Hall–Kier alpha value is -1.65. The largest absolute Gasteiger partial charge is 0.446 e. The van der Waals surface area contributed by atoms with Crippen LogP contribution in [0, 0.1) is 0 Å². The zero-order valence-corrected chi connectivity index (χ0v) is 9.49. The van der Waals surface area contributed by atoms with Crippen LogP contribution in [0.1, 0.15) is 24.0 Å².